The van der Waals surface area contributed by atoms with Crippen molar-refractivity contribution in [3.63, 3.8) is 0 Å². The fourth-order valence-corrected chi connectivity index (χ4v) is 6.04. The molecule has 1 aromatic carbocycles. The molecule has 2 fully saturated rings. The molecule has 1 saturated carbocycles. The highest BCUT2D eigenvalue weighted by atomic mass is 15.1. The number of likely N-dealkylation sites (tertiary alicyclic amines) is 1. The van der Waals surface area contributed by atoms with Crippen LogP contribution in [0.3, 0.4) is 0 Å². The summed E-state index contributed by atoms with van der Waals surface area (Å²) in [4.78, 5) is 5.28. The Morgan fingerprint density at radius 2 is 1.43 bits per heavy atom. The summed E-state index contributed by atoms with van der Waals surface area (Å²) in [6.45, 7) is 6.48. The summed E-state index contributed by atoms with van der Waals surface area (Å²) in [7, 11) is 0. The Morgan fingerprint density at radius 3 is 2.27 bits per heavy atom. The van der Waals surface area contributed by atoms with Gasteiger partial charge < -0.3 is 9.80 Å². The van der Waals surface area contributed by atoms with Crippen LogP contribution >= 0.6 is 0 Å². The van der Waals surface area contributed by atoms with Crippen LogP contribution < -0.4 is 0 Å². The van der Waals surface area contributed by atoms with Gasteiger partial charge in [0.05, 0.1) is 0 Å². The molecule has 0 aromatic heterocycles. The molecule has 2 heterocycles. The van der Waals surface area contributed by atoms with Crippen molar-refractivity contribution < 1.29 is 0 Å². The van der Waals surface area contributed by atoms with E-state index in [2.05, 4.69) is 46.3 Å². The number of piperidine rings is 1. The van der Waals surface area contributed by atoms with E-state index in [1.165, 1.54) is 121 Å². The van der Waals surface area contributed by atoms with Crippen molar-refractivity contribution in [1.82, 2.24) is 9.80 Å². The number of unbranched alkanes of at least 4 members (excludes halogenated alkanes) is 7. The van der Waals surface area contributed by atoms with E-state index >= 15 is 0 Å². The Balaban J connectivity index is 0.961. The van der Waals surface area contributed by atoms with E-state index in [0.29, 0.717) is 0 Å². The van der Waals surface area contributed by atoms with Crippen LogP contribution in [0, 0.1) is 11.8 Å². The predicted octanol–water partition coefficient (Wildman–Crippen LogP) is 7.11. The average Bonchev–Trinajstić information content (AvgIpc) is 2.80. The molecule has 4 rings (SSSR count). The zero-order valence-electron chi connectivity index (χ0n) is 19.2. The second-order valence-corrected chi connectivity index (χ2v) is 10.2. The summed E-state index contributed by atoms with van der Waals surface area (Å²) in [5, 5.41) is 0. The Kier molecular flexibility index (Phi) is 8.73. The van der Waals surface area contributed by atoms with Crippen molar-refractivity contribution in [1.29, 1.82) is 0 Å². The third kappa shape index (κ3) is 6.61. The van der Waals surface area contributed by atoms with Gasteiger partial charge in [0.2, 0.25) is 0 Å². The van der Waals surface area contributed by atoms with Crippen LogP contribution in [0.4, 0.5) is 0 Å². The molecule has 2 heteroatoms. The topological polar surface area (TPSA) is 6.48 Å². The van der Waals surface area contributed by atoms with Crippen LogP contribution in [0.15, 0.2) is 30.5 Å². The lowest BCUT2D eigenvalue weighted by Crippen LogP contribution is -2.42. The van der Waals surface area contributed by atoms with Crippen LogP contribution in [-0.2, 0) is 6.54 Å². The lowest BCUT2D eigenvalue weighted by molar-refractivity contribution is 0.0856. The lowest BCUT2D eigenvalue weighted by Gasteiger charge is -2.41. The molecular weight excluding hydrogens is 364 g/mol. The monoisotopic (exact) mass is 408 g/mol. The maximum absolute atomic E-state index is 2.79. The molecule has 2 nitrogen and oxygen atoms in total. The minimum absolute atomic E-state index is 1.04. The van der Waals surface area contributed by atoms with Crippen LogP contribution in [0.5, 0.6) is 0 Å². The third-order valence-corrected chi connectivity index (χ3v) is 7.94. The Morgan fingerprint density at radius 1 is 0.733 bits per heavy atom. The maximum atomic E-state index is 2.79. The minimum Gasteiger partial charge on any atom is -0.373 e. The molecule has 0 amide bonds. The smallest absolute Gasteiger partial charge is 0.0429 e. The van der Waals surface area contributed by atoms with E-state index in [1.54, 1.807) is 0 Å². The largest absolute Gasteiger partial charge is 0.373 e. The van der Waals surface area contributed by atoms with Crippen molar-refractivity contribution in [3.8, 4) is 0 Å². The standard InChI is InChI=1S/C28H44N2/c1(3-5-11-19-29-21-17-25-13-7-9-15-27(25)23-29)2-4-6-12-20-30-22-18-26-14-8-10-16-28(26)24-30/h7,9,13,15,17,21,26,28H,1-6,8,10-12,14,16,18-20,22-24H2. The molecule has 0 radical (unpaired) electrons. The molecular formula is C28H44N2. The molecule has 2 aliphatic heterocycles. The number of hydrogen-bond acceptors (Lipinski definition) is 2. The van der Waals surface area contributed by atoms with Gasteiger partial charge in [-0.25, -0.2) is 0 Å². The first-order chi connectivity index (χ1) is 14.9. The van der Waals surface area contributed by atoms with E-state index in [0.717, 1.165) is 18.4 Å². The molecule has 0 bridgehead atoms. The number of nitrogens with zero attached hydrogens (tertiary/aromatic N) is 2. The quantitative estimate of drug-likeness (QED) is 0.360. The highest BCUT2D eigenvalue weighted by Gasteiger charge is 2.30. The molecule has 2 unspecified atom stereocenters. The van der Waals surface area contributed by atoms with E-state index in [-0.39, 0.29) is 0 Å². The molecule has 0 spiro atoms. The fraction of sp³-hybridized carbons (Fsp3) is 0.714. The number of rotatable bonds is 11. The highest BCUT2D eigenvalue weighted by molar-refractivity contribution is 5.55. The summed E-state index contributed by atoms with van der Waals surface area (Å²) in [5.74, 6) is 2.12. The van der Waals surface area contributed by atoms with E-state index in [1.807, 2.05) is 0 Å². The SMILES string of the molecule is C1=CN(CCCCCCCCCCN2CCC3CCCCC3C2)Cc2ccccc21. The van der Waals surface area contributed by atoms with Gasteiger partial charge in [0, 0.05) is 19.6 Å². The first kappa shape index (κ1) is 21.9. The van der Waals surface area contributed by atoms with Crippen molar-refractivity contribution in [2.75, 3.05) is 26.2 Å². The summed E-state index contributed by atoms with van der Waals surface area (Å²) in [6, 6.07) is 8.79. The van der Waals surface area contributed by atoms with Gasteiger partial charge in [-0.3, -0.25) is 0 Å². The van der Waals surface area contributed by atoms with Gasteiger partial charge in [-0.05, 0) is 74.0 Å². The molecule has 0 N–H and O–H groups in total. The lowest BCUT2D eigenvalue weighted by atomic mass is 9.75. The highest BCUT2D eigenvalue weighted by Crippen LogP contribution is 2.36. The van der Waals surface area contributed by atoms with Crippen LogP contribution in [0.2, 0.25) is 0 Å². The first-order valence-corrected chi connectivity index (χ1v) is 13.1. The van der Waals surface area contributed by atoms with E-state index in [9.17, 15) is 0 Å². The average molecular weight is 409 g/mol. The zero-order valence-corrected chi connectivity index (χ0v) is 19.2. The minimum atomic E-state index is 1.04. The van der Waals surface area contributed by atoms with Crippen molar-refractivity contribution >= 4 is 6.08 Å². The molecule has 2 atom stereocenters. The Hall–Kier alpha value is -1.28. The van der Waals surface area contributed by atoms with E-state index in [4.69, 9.17) is 0 Å². The first-order valence-electron chi connectivity index (χ1n) is 13.1. The van der Waals surface area contributed by atoms with Crippen molar-refractivity contribution in [2.24, 2.45) is 11.8 Å². The van der Waals surface area contributed by atoms with Gasteiger partial charge in [-0.15, -0.1) is 0 Å². The predicted molar refractivity (Wildman–Crippen MR) is 129 cm³/mol. The molecule has 1 aliphatic carbocycles. The van der Waals surface area contributed by atoms with Crippen LogP contribution in [0.25, 0.3) is 6.08 Å². The maximum Gasteiger partial charge on any atom is 0.0429 e. The molecule has 1 aromatic rings. The van der Waals surface area contributed by atoms with Crippen molar-refractivity contribution in [3.05, 3.63) is 41.6 Å². The third-order valence-electron chi connectivity index (χ3n) is 7.94. The van der Waals surface area contributed by atoms with Gasteiger partial charge in [-0.1, -0.05) is 82.1 Å². The summed E-state index contributed by atoms with van der Waals surface area (Å²) < 4.78 is 0. The second-order valence-electron chi connectivity index (χ2n) is 10.2. The Labute approximate surface area is 185 Å². The molecule has 3 aliphatic rings. The van der Waals surface area contributed by atoms with Gasteiger partial charge >= 0.3 is 0 Å². The normalized spacial score (nSPS) is 23.9. The summed E-state index contributed by atoms with van der Waals surface area (Å²) in [6.07, 6.45) is 23.5. The summed E-state index contributed by atoms with van der Waals surface area (Å²) >= 11 is 0. The van der Waals surface area contributed by atoms with Gasteiger partial charge in [-0.2, -0.15) is 0 Å². The zero-order chi connectivity index (χ0) is 20.4. The van der Waals surface area contributed by atoms with E-state index < -0.39 is 0 Å². The molecule has 166 valence electrons. The van der Waals surface area contributed by atoms with Crippen LogP contribution in [-0.4, -0.2) is 36.0 Å². The van der Waals surface area contributed by atoms with Crippen LogP contribution in [0.1, 0.15) is 94.6 Å². The number of hydrogen-bond donors (Lipinski definition) is 0. The number of fused-ring (bicyclic) bond motifs is 2. The van der Waals surface area contributed by atoms with Gasteiger partial charge in [0.1, 0.15) is 0 Å². The van der Waals surface area contributed by atoms with Gasteiger partial charge in [0.25, 0.3) is 0 Å². The molecule has 30 heavy (non-hydrogen) atoms. The second kappa shape index (κ2) is 11.9. The van der Waals surface area contributed by atoms with Gasteiger partial charge in [0.15, 0.2) is 0 Å². The molecule has 1 saturated heterocycles. The Bertz CT molecular complexity index is 652. The summed E-state index contributed by atoms with van der Waals surface area (Å²) in [5.41, 5.74) is 2.87. The number of benzene rings is 1. The fourth-order valence-electron chi connectivity index (χ4n) is 6.04. The van der Waals surface area contributed by atoms with Crippen molar-refractivity contribution in [2.45, 2.75) is 90.0 Å².